The second kappa shape index (κ2) is 5.07. The van der Waals surface area contributed by atoms with E-state index >= 15 is 0 Å². The molecule has 7 heavy (non-hydrogen) atoms. The summed E-state index contributed by atoms with van der Waals surface area (Å²) in [6.45, 7) is 1.02. The van der Waals surface area contributed by atoms with Gasteiger partial charge in [0.15, 0.2) is 0 Å². The lowest BCUT2D eigenvalue weighted by molar-refractivity contribution is 0.731. The highest BCUT2D eigenvalue weighted by Crippen LogP contribution is 1.55. The van der Waals surface area contributed by atoms with Gasteiger partial charge in [0.1, 0.15) is 0 Å². The maximum Gasteiger partial charge on any atom is 0.0981 e. The zero-order chi connectivity index (χ0) is 5.54. The molecule has 0 aliphatic heterocycles. The molecule has 0 amide bonds. The SMILES string of the molecule is [N-]=[N+]=NNCCN. The molecule has 5 nitrogen and oxygen atoms in total. The van der Waals surface area contributed by atoms with E-state index in [4.69, 9.17) is 11.3 Å². The average Bonchev–Trinajstić information content (AvgIpc) is 1.69. The molecule has 0 saturated heterocycles. The third-order valence-electron chi connectivity index (χ3n) is 0.372. The van der Waals surface area contributed by atoms with Gasteiger partial charge in [0.05, 0.1) is 6.54 Å². The lowest BCUT2D eigenvalue weighted by Gasteiger charge is -1.84. The quantitative estimate of drug-likeness (QED) is 0.169. The van der Waals surface area contributed by atoms with Crippen LogP contribution in [0.15, 0.2) is 5.22 Å². The first-order valence-corrected chi connectivity index (χ1v) is 1.89. The Morgan fingerprint density at radius 1 is 1.86 bits per heavy atom. The van der Waals surface area contributed by atoms with E-state index in [0.29, 0.717) is 13.1 Å². The predicted octanol–water partition coefficient (Wildman–Crippen LogP) is -0.240. The molecular weight excluding hydrogens is 94.1 g/mol. The molecular formula is C2H7N5. The second-order valence-corrected chi connectivity index (χ2v) is 0.886. The summed E-state index contributed by atoms with van der Waals surface area (Å²) in [5, 5.41) is 3.01. The van der Waals surface area contributed by atoms with E-state index in [1.165, 1.54) is 0 Å². The van der Waals surface area contributed by atoms with Gasteiger partial charge in [-0.2, -0.15) is 4.91 Å². The monoisotopic (exact) mass is 101 g/mol. The largest absolute Gasteiger partial charge is 0.327 e. The van der Waals surface area contributed by atoms with Crippen LogP contribution in [0.4, 0.5) is 0 Å². The minimum absolute atomic E-state index is 0.485. The highest BCUT2D eigenvalue weighted by Gasteiger charge is 1.72. The van der Waals surface area contributed by atoms with Gasteiger partial charge in [-0.05, 0) is 5.22 Å². The van der Waals surface area contributed by atoms with Crippen molar-refractivity contribution in [2.75, 3.05) is 13.1 Å². The number of nitrogens with one attached hydrogen (secondary N) is 1. The molecule has 0 bridgehead atoms. The van der Waals surface area contributed by atoms with Gasteiger partial charge < -0.3 is 5.73 Å². The Hall–Kier alpha value is -0.930. The summed E-state index contributed by atoms with van der Waals surface area (Å²) in [6.07, 6.45) is 0. The van der Waals surface area contributed by atoms with E-state index in [1.807, 2.05) is 0 Å². The summed E-state index contributed by atoms with van der Waals surface area (Å²) in [7, 11) is 0. The van der Waals surface area contributed by atoms with Gasteiger partial charge in [-0.1, -0.05) is 0 Å². The number of rotatable bonds is 3. The summed E-state index contributed by atoms with van der Waals surface area (Å²) in [5.74, 6) is 0. The first kappa shape index (κ1) is 6.07. The van der Waals surface area contributed by atoms with Gasteiger partial charge in [-0.15, -0.1) is 5.53 Å². The second-order valence-electron chi connectivity index (χ2n) is 0.886. The minimum atomic E-state index is 0.485. The third kappa shape index (κ3) is 5.07. The van der Waals surface area contributed by atoms with Crippen LogP contribution in [0, 0.1) is 0 Å². The average molecular weight is 101 g/mol. The highest BCUT2D eigenvalue weighted by atomic mass is 15.4. The van der Waals surface area contributed by atoms with Crippen molar-refractivity contribution in [2.45, 2.75) is 0 Å². The normalized spacial score (nSPS) is 7.00. The van der Waals surface area contributed by atoms with Gasteiger partial charge in [0.2, 0.25) is 0 Å². The van der Waals surface area contributed by atoms with E-state index in [2.05, 4.69) is 15.6 Å². The Morgan fingerprint density at radius 2 is 2.57 bits per heavy atom. The van der Waals surface area contributed by atoms with Crippen LogP contribution in [0.25, 0.3) is 10.4 Å². The Morgan fingerprint density at radius 3 is 3.00 bits per heavy atom. The summed E-state index contributed by atoms with van der Waals surface area (Å²) < 4.78 is 0. The first-order valence-electron chi connectivity index (χ1n) is 1.89. The molecule has 0 fully saturated rings. The minimum Gasteiger partial charge on any atom is -0.327 e. The molecule has 40 valence electrons. The van der Waals surface area contributed by atoms with Crippen molar-refractivity contribution in [3.8, 4) is 0 Å². The standard InChI is InChI=1S/C2H7N5/c3-1-2-5-7-6-4/h5H,1-3H2. The molecule has 0 heterocycles. The number of azide groups is 1. The van der Waals surface area contributed by atoms with Crippen LogP contribution in [0.3, 0.4) is 0 Å². The van der Waals surface area contributed by atoms with Crippen molar-refractivity contribution in [3.05, 3.63) is 10.4 Å². The molecule has 0 spiro atoms. The van der Waals surface area contributed by atoms with Crippen LogP contribution < -0.4 is 11.2 Å². The summed E-state index contributed by atoms with van der Waals surface area (Å²) >= 11 is 0. The van der Waals surface area contributed by atoms with Gasteiger partial charge in [-0.3, -0.25) is 5.43 Å². The Kier molecular flexibility index (Phi) is 4.40. The topological polar surface area (TPSA) is 86.8 Å². The smallest absolute Gasteiger partial charge is 0.0981 e. The molecule has 0 radical (unpaired) electrons. The molecule has 5 heteroatoms. The number of hydrogen-bond acceptors (Lipinski definition) is 2. The zero-order valence-corrected chi connectivity index (χ0v) is 3.83. The number of nitrogens with two attached hydrogens (primary N) is 1. The van der Waals surface area contributed by atoms with Crippen molar-refractivity contribution in [3.63, 3.8) is 0 Å². The molecule has 0 aromatic carbocycles. The van der Waals surface area contributed by atoms with Crippen molar-refractivity contribution < 1.29 is 0 Å². The zero-order valence-electron chi connectivity index (χ0n) is 3.83. The Balaban J connectivity index is 2.83. The van der Waals surface area contributed by atoms with E-state index in [-0.39, 0.29) is 0 Å². The van der Waals surface area contributed by atoms with Crippen molar-refractivity contribution in [1.29, 1.82) is 0 Å². The van der Waals surface area contributed by atoms with Crippen LogP contribution in [-0.2, 0) is 0 Å². The molecule has 0 aromatic heterocycles. The summed E-state index contributed by atoms with van der Waals surface area (Å²) in [6, 6.07) is 0. The van der Waals surface area contributed by atoms with Crippen LogP contribution >= 0.6 is 0 Å². The maximum atomic E-state index is 7.65. The summed E-state index contributed by atoms with van der Waals surface area (Å²) in [4.78, 5) is 2.43. The van der Waals surface area contributed by atoms with Gasteiger partial charge >= 0.3 is 0 Å². The molecule has 0 saturated carbocycles. The fourth-order valence-electron chi connectivity index (χ4n) is 0.146. The molecule has 0 aliphatic rings. The highest BCUT2D eigenvalue weighted by molar-refractivity contribution is 4.40. The molecule has 0 atom stereocenters. The molecule has 3 N–H and O–H groups in total. The van der Waals surface area contributed by atoms with Crippen LogP contribution in [0.1, 0.15) is 0 Å². The molecule has 0 unspecified atom stereocenters. The Labute approximate surface area is 41.1 Å². The van der Waals surface area contributed by atoms with Crippen molar-refractivity contribution in [1.82, 2.24) is 5.43 Å². The third-order valence-corrected chi connectivity index (χ3v) is 0.372. The molecule has 0 aliphatic carbocycles. The first-order chi connectivity index (χ1) is 3.41. The van der Waals surface area contributed by atoms with Gasteiger partial charge in [0.25, 0.3) is 0 Å². The maximum absolute atomic E-state index is 7.65. The molecule has 0 aromatic rings. The van der Waals surface area contributed by atoms with Gasteiger partial charge in [0, 0.05) is 6.54 Å². The van der Waals surface area contributed by atoms with Crippen molar-refractivity contribution in [2.24, 2.45) is 11.0 Å². The summed E-state index contributed by atoms with van der Waals surface area (Å²) in [5.41, 5.74) is 15.0. The van der Waals surface area contributed by atoms with Crippen LogP contribution in [0.2, 0.25) is 0 Å². The van der Waals surface area contributed by atoms with Gasteiger partial charge in [-0.25, -0.2) is 0 Å². The molecule has 0 rings (SSSR count). The fraction of sp³-hybridized carbons (Fsp3) is 1.00. The number of nitrogens with zero attached hydrogens (tertiary/aromatic N) is 3. The predicted molar refractivity (Wildman–Crippen MR) is 26.2 cm³/mol. The van der Waals surface area contributed by atoms with Crippen molar-refractivity contribution >= 4 is 0 Å². The van der Waals surface area contributed by atoms with E-state index in [9.17, 15) is 0 Å². The van der Waals surface area contributed by atoms with Crippen LogP contribution in [-0.4, -0.2) is 13.1 Å². The van der Waals surface area contributed by atoms with E-state index in [1.54, 1.807) is 0 Å². The van der Waals surface area contributed by atoms with Crippen LogP contribution in [0.5, 0.6) is 0 Å². The lowest BCUT2D eigenvalue weighted by Crippen LogP contribution is -2.16. The Bertz CT molecular complexity index is 72.1. The van der Waals surface area contributed by atoms with E-state index < -0.39 is 0 Å². The van der Waals surface area contributed by atoms with E-state index in [0.717, 1.165) is 0 Å². The fourth-order valence-corrected chi connectivity index (χ4v) is 0.146. The number of hydrogen-bond donors (Lipinski definition) is 2. The lowest BCUT2D eigenvalue weighted by atomic mass is 10.7.